The number of carbonyl (C=O) groups excluding carboxylic acids is 1. The van der Waals surface area contributed by atoms with Gasteiger partial charge in [-0.25, -0.2) is 4.79 Å². The van der Waals surface area contributed by atoms with Crippen molar-refractivity contribution in [2.75, 3.05) is 6.61 Å². The van der Waals surface area contributed by atoms with E-state index in [0.717, 1.165) is 0 Å². The predicted octanol–water partition coefficient (Wildman–Crippen LogP) is 2.62. The van der Waals surface area contributed by atoms with E-state index in [9.17, 15) is 4.79 Å². The molecule has 0 aliphatic carbocycles. The third-order valence-electron chi connectivity index (χ3n) is 1.75. The summed E-state index contributed by atoms with van der Waals surface area (Å²) in [5.74, 6) is 0.109. The SMILES string of the molecule is CCOC(=O)c1c([C@@H](C)Br)noc1C. The van der Waals surface area contributed by atoms with Gasteiger partial charge in [0.1, 0.15) is 17.0 Å². The lowest BCUT2D eigenvalue weighted by atomic mass is 10.1. The second-order valence-electron chi connectivity index (χ2n) is 2.84. The first-order valence-corrected chi connectivity index (χ1v) is 5.26. The van der Waals surface area contributed by atoms with Crippen LogP contribution in [0.15, 0.2) is 4.52 Å². The Morgan fingerprint density at radius 2 is 2.36 bits per heavy atom. The molecule has 78 valence electrons. The molecule has 0 fully saturated rings. The number of halogens is 1. The molecule has 0 bridgehead atoms. The van der Waals surface area contributed by atoms with Crippen molar-refractivity contribution in [2.45, 2.75) is 25.6 Å². The summed E-state index contributed by atoms with van der Waals surface area (Å²) in [5, 5.41) is 3.80. The van der Waals surface area contributed by atoms with E-state index in [2.05, 4.69) is 21.1 Å². The maximum Gasteiger partial charge on any atom is 0.343 e. The van der Waals surface area contributed by atoms with Crippen LogP contribution in [0.4, 0.5) is 0 Å². The van der Waals surface area contributed by atoms with Crippen molar-refractivity contribution in [2.24, 2.45) is 0 Å². The zero-order chi connectivity index (χ0) is 10.7. The Bertz CT molecular complexity index is 333. The van der Waals surface area contributed by atoms with Gasteiger partial charge in [-0.2, -0.15) is 0 Å². The topological polar surface area (TPSA) is 52.3 Å². The molecular weight excluding hydrogens is 250 g/mol. The zero-order valence-electron chi connectivity index (χ0n) is 8.33. The van der Waals surface area contributed by atoms with Crippen LogP contribution in [0.2, 0.25) is 0 Å². The quantitative estimate of drug-likeness (QED) is 0.620. The Labute approximate surface area is 90.7 Å². The van der Waals surface area contributed by atoms with Gasteiger partial charge >= 0.3 is 5.97 Å². The van der Waals surface area contributed by atoms with E-state index >= 15 is 0 Å². The number of alkyl halides is 1. The smallest absolute Gasteiger partial charge is 0.343 e. The van der Waals surface area contributed by atoms with Crippen LogP contribution in [-0.4, -0.2) is 17.7 Å². The minimum Gasteiger partial charge on any atom is -0.462 e. The Hall–Kier alpha value is -0.840. The summed E-state index contributed by atoms with van der Waals surface area (Å²) in [6.07, 6.45) is 0. The summed E-state index contributed by atoms with van der Waals surface area (Å²) in [6, 6.07) is 0. The molecule has 1 aromatic heterocycles. The summed E-state index contributed by atoms with van der Waals surface area (Å²) < 4.78 is 9.84. The van der Waals surface area contributed by atoms with Gasteiger partial charge in [-0.3, -0.25) is 0 Å². The minimum absolute atomic E-state index is 0.0284. The molecule has 0 unspecified atom stereocenters. The fraction of sp³-hybridized carbons (Fsp3) is 0.556. The van der Waals surface area contributed by atoms with Crippen LogP contribution in [0.5, 0.6) is 0 Å². The van der Waals surface area contributed by atoms with Crippen molar-refractivity contribution < 1.29 is 14.1 Å². The summed E-state index contributed by atoms with van der Waals surface area (Å²) in [7, 11) is 0. The maximum absolute atomic E-state index is 11.5. The summed E-state index contributed by atoms with van der Waals surface area (Å²) in [5.41, 5.74) is 1.01. The molecule has 0 N–H and O–H groups in total. The Balaban J connectivity index is 3.04. The number of hydrogen-bond acceptors (Lipinski definition) is 4. The minimum atomic E-state index is -0.382. The average molecular weight is 262 g/mol. The molecule has 1 aromatic rings. The van der Waals surface area contributed by atoms with E-state index in [1.165, 1.54) is 0 Å². The number of aryl methyl sites for hydroxylation is 1. The Morgan fingerprint density at radius 3 is 2.86 bits per heavy atom. The lowest BCUT2D eigenvalue weighted by Gasteiger charge is -2.03. The van der Waals surface area contributed by atoms with Crippen LogP contribution < -0.4 is 0 Å². The van der Waals surface area contributed by atoms with Crippen LogP contribution in [0.25, 0.3) is 0 Å². The lowest BCUT2D eigenvalue weighted by molar-refractivity contribution is 0.0523. The van der Waals surface area contributed by atoms with Crippen molar-refractivity contribution in [3.8, 4) is 0 Å². The largest absolute Gasteiger partial charge is 0.462 e. The number of esters is 1. The van der Waals surface area contributed by atoms with Crippen molar-refractivity contribution in [1.29, 1.82) is 0 Å². The number of rotatable bonds is 3. The first kappa shape index (κ1) is 11.2. The summed E-state index contributed by atoms with van der Waals surface area (Å²) >= 11 is 3.34. The highest BCUT2D eigenvalue weighted by molar-refractivity contribution is 9.09. The molecule has 0 amide bonds. The van der Waals surface area contributed by atoms with E-state index in [0.29, 0.717) is 23.6 Å². The van der Waals surface area contributed by atoms with E-state index < -0.39 is 0 Å². The third-order valence-corrected chi connectivity index (χ3v) is 2.18. The molecule has 14 heavy (non-hydrogen) atoms. The zero-order valence-corrected chi connectivity index (χ0v) is 9.92. The molecule has 0 saturated heterocycles. The molecule has 0 aromatic carbocycles. The van der Waals surface area contributed by atoms with Crippen molar-refractivity contribution >= 4 is 21.9 Å². The fourth-order valence-electron chi connectivity index (χ4n) is 1.11. The normalized spacial score (nSPS) is 12.6. The van der Waals surface area contributed by atoms with Gasteiger partial charge in [0.25, 0.3) is 0 Å². The highest BCUT2D eigenvalue weighted by atomic mass is 79.9. The lowest BCUT2D eigenvalue weighted by Crippen LogP contribution is -2.08. The van der Waals surface area contributed by atoms with Gasteiger partial charge in [-0.05, 0) is 20.8 Å². The van der Waals surface area contributed by atoms with E-state index in [1.54, 1.807) is 13.8 Å². The third kappa shape index (κ3) is 2.15. The van der Waals surface area contributed by atoms with Gasteiger partial charge in [0.15, 0.2) is 0 Å². The van der Waals surface area contributed by atoms with Crippen LogP contribution in [0, 0.1) is 6.92 Å². The molecule has 0 aliphatic rings. The molecule has 1 heterocycles. The van der Waals surface area contributed by atoms with Gasteiger partial charge in [0.05, 0.1) is 11.4 Å². The highest BCUT2D eigenvalue weighted by Gasteiger charge is 2.23. The molecule has 5 heteroatoms. The first-order valence-electron chi connectivity index (χ1n) is 4.35. The predicted molar refractivity (Wildman–Crippen MR) is 54.5 cm³/mol. The second kappa shape index (κ2) is 4.59. The van der Waals surface area contributed by atoms with Crippen LogP contribution >= 0.6 is 15.9 Å². The average Bonchev–Trinajstić information content (AvgIpc) is 2.47. The standard InChI is InChI=1S/C9H12BrNO3/c1-4-13-9(12)7-6(3)14-11-8(7)5(2)10/h5H,4H2,1-3H3/t5-/m1/s1. The number of hydrogen-bond donors (Lipinski definition) is 0. The van der Waals surface area contributed by atoms with Crippen LogP contribution in [0.1, 0.15) is 40.5 Å². The highest BCUT2D eigenvalue weighted by Crippen LogP contribution is 2.26. The molecular formula is C9H12BrNO3. The van der Waals surface area contributed by atoms with Gasteiger partial charge < -0.3 is 9.26 Å². The molecule has 0 radical (unpaired) electrons. The number of nitrogens with zero attached hydrogens (tertiary/aromatic N) is 1. The Morgan fingerprint density at radius 1 is 1.71 bits per heavy atom. The molecule has 0 spiro atoms. The van der Waals surface area contributed by atoms with Crippen LogP contribution in [0.3, 0.4) is 0 Å². The van der Waals surface area contributed by atoms with E-state index in [1.807, 2.05) is 6.92 Å². The molecule has 0 saturated carbocycles. The molecule has 1 rings (SSSR count). The van der Waals surface area contributed by atoms with Gasteiger partial charge in [0, 0.05) is 0 Å². The molecule has 0 aliphatic heterocycles. The maximum atomic E-state index is 11.5. The summed E-state index contributed by atoms with van der Waals surface area (Å²) in [4.78, 5) is 11.5. The van der Waals surface area contributed by atoms with Crippen LogP contribution in [-0.2, 0) is 4.74 Å². The van der Waals surface area contributed by atoms with Crippen molar-refractivity contribution in [1.82, 2.24) is 5.16 Å². The second-order valence-corrected chi connectivity index (χ2v) is 4.21. The number of ether oxygens (including phenoxy) is 1. The van der Waals surface area contributed by atoms with Gasteiger partial charge in [-0.1, -0.05) is 21.1 Å². The van der Waals surface area contributed by atoms with E-state index in [4.69, 9.17) is 9.26 Å². The molecule has 1 atom stereocenters. The Kier molecular flexibility index (Phi) is 3.69. The fourth-order valence-corrected chi connectivity index (χ4v) is 1.42. The number of aromatic nitrogens is 1. The van der Waals surface area contributed by atoms with Gasteiger partial charge in [-0.15, -0.1) is 0 Å². The van der Waals surface area contributed by atoms with Gasteiger partial charge in [0.2, 0.25) is 0 Å². The monoisotopic (exact) mass is 261 g/mol. The molecule has 4 nitrogen and oxygen atoms in total. The summed E-state index contributed by atoms with van der Waals surface area (Å²) in [6.45, 7) is 5.68. The number of carbonyl (C=O) groups is 1. The van der Waals surface area contributed by atoms with Crippen molar-refractivity contribution in [3.63, 3.8) is 0 Å². The first-order chi connectivity index (χ1) is 6.57. The van der Waals surface area contributed by atoms with Crippen molar-refractivity contribution in [3.05, 3.63) is 17.0 Å². The van der Waals surface area contributed by atoms with E-state index in [-0.39, 0.29) is 10.8 Å².